The first-order valence-corrected chi connectivity index (χ1v) is 7.65. The molecule has 0 aliphatic heterocycles. The largest absolute Gasteiger partial charge is 0.459 e. The number of esters is 1. The van der Waals surface area contributed by atoms with Gasteiger partial charge in [0.25, 0.3) is 0 Å². The number of carbonyl (C=O) groups excluding carboxylic acids is 1. The quantitative estimate of drug-likeness (QED) is 0.461. The Kier molecular flexibility index (Phi) is 4.68. The summed E-state index contributed by atoms with van der Waals surface area (Å²) in [5.74, 6) is -0.229. The lowest BCUT2D eigenvalue weighted by atomic mass is 10.1. The summed E-state index contributed by atoms with van der Waals surface area (Å²) >= 11 is 8.27. The minimum absolute atomic E-state index is 0.00624. The molecule has 2 atom stereocenters. The van der Waals surface area contributed by atoms with Crippen LogP contribution < -0.4 is 0 Å². The molecular formula is C13H14ClIO2. The predicted octanol–water partition coefficient (Wildman–Crippen LogP) is 3.94. The van der Waals surface area contributed by atoms with Gasteiger partial charge in [-0.1, -0.05) is 34.7 Å². The first-order valence-electron chi connectivity index (χ1n) is 5.69. The van der Waals surface area contributed by atoms with Crippen molar-refractivity contribution < 1.29 is 9.53 Å². The molecule has 2 rings (SSSR count). The van der Waals surface area contributed by atoms with Crippen molar-refractivity contribution in [3.8, 4) is 0 Å². The zero-order valence-corrected chi connectivity index (χ0v) is 12.3. The number of halogens is 2. The van der Waals surface area contributed by atoms with Crippen LogP contribution in [0.2, 0.25) is 0 Å². The van der Waals surface area contributed by atoms with Crippen LogP contribution in [0.1, 0.15) is 35.2 Å². The summed E-state index contributed by atoms with van der Waals surface area (Å²) in [5.41, 5.74) is 1.78. The van der Waals surface area contributed by atoms with E-state index in [0.717, 1.165) is 29.3 Å². The molecule has 1 aromatic rings. The summed E-state index contributed by atoms with van der Waals surface area (Å²) in [6.07, 6.45) is 2.59. The summed E-state index contributed by atoms with van der Waals surface area (Å²) in [6.45, 7) is 0. The van der Waals surface area contributed by atoms with Crippen LogP contribution in [0.25, 0.3) is 0 Å². The average molecular weight is 365 g/mol. The first-order chi connectivity index (χ1) is 8.19. The molecule has 0 radical (unpaired) electrons. The fourth-order valence-electron chi connectivity index (χ4n) is 2.00. The minimum Gasteiger partial charge on any atom is -0.459 e. The van der Waals surface area contributed by atoms with E-state index in [9.17, 15) is 4.79 Å². The Morgan fingerprint density at radius 1 is 1.47 bits per heavy atom. The van der Waals surface area contributed by atoms with Gasteiger partial charge in [0.2, 0.25) is 0 Å². The van der Waals surface area contributed by atoms with Gasteiger partial charge in [0, 0.05) is 16.2 Å². The van der Waals surface area contributed by atoms with Crippen LogP contribution >= 0.6 is 34.2 Å². The van der Waals surface area contributed by atoms with Gasteiger partial charge >= 0.3 is 5.97 Å². The zero-order valence-electron chi connectivity index (χ0n) is 9.36. The van der Waals surface area contributed by atoms with E-state index in [4.69, 9.17) is 16.3 Å². The van der Waals surface area contributed by atoms with Crippen LogP contribution in [0.3, 0.4) is 0 Å². The molecule has 17 heavy (non-hydrogen) atoms. The van der Waals surface area contributed by atoms with Gasteiger partial charge in [-0.2, -0.15) is 0 Å². The number of rotatable bonds is 3. The van der Waals surface area contributed by atoms with Crippen LogP contribution in [-0.4, -0.2) is 17.5 Å². The van der Waals surface area contributed by atoms with Gasteiger partial charge in [0.1, 0.15) is 6.10 Å². The number of hydrogen-bond donors (Lipinski definition) is 0. The van der Waals surface area contributed by atoms with Crippen LogP contribution in [-0.2, 0) is 9.16 Å². The van der Waals surface area contributed by atoms with Crippen LogP contribution in [0.5, 0.6) is 0 Å². The van der Waals surface area contributed by atoms with Crippen LogP contribution in [0.15, 0.2) is 24.3 Å². The molecule has 1 aliphatic carbocycles. The number of carbonyl (C=O) groups is 1. The molecule has 1 aliphatic rings. The Morgan fingerprint density at radius 3 is 2.94 bits per heavy atom. The maximum Gasteiger partial charge on any atom is 0.338 e. The molecule has 1 fully saturated rings. The summed E-state index contributed by atoms with van der Waals surface area (Å²) < 4.78 is 6.34. The van der Waals surface area contributed by atoms with E-state index in [1.54, 1.807) is 6.07 Å². The van der Waals surface area contributed by atoms with Gasteiger partial charge in [-0.15, -0.1) is 11.6 Å². The van der Waals surface area contributed by atoms with E-state index in [1.807, 2.05) is 18.2 Å². The van der Waals surface area contributed by atoms with Crippen molar-refractivity contribution in [1.82, 2.24) is 0 Å². The molecular weight excluding hydrogens is 350 g/mol. The average Bonchev–Trinajstić information content (AvgIpc) is 2.75. The molecule has 0 spiro atoms. The highest BCUT2D eigenvalue weighted by atomic mass is 127. The Bertz CT molecular complexity index is 408. The predicted molar refractivity (Wildman–Crippen MR) is 76.9 cm³/mol. The van der Waals surface area contributed by atoms with Gasteiger partial charge in [-0.3, -0.25) is 0 Å². The Balaban J connectivity index is 1.99. The Hall–Kier alpha value is -0.290. The van der Waals surface area contributed by atoms with Gasteiger partial charge in [-0.25, -0.2) is 4.79 Å². The van der Waals surface area contributed by atoms with Crippen molar-refractivity contribution >= 4 is 40.2 Å². The molecule has 0 heterocycles. The molecule has 0 bridgehead atoms. The molecule has 0 N–H and O–H groups in total. The second kappa shape index (κ2) is 6.05. The topological polar surface area (TPSA) is 26.3 Å². The highest BCUT2D eigenvalue weighted by Crippen LogP contribution is 2.27. The third-order valence-corrected chi connectivity index (χ3v) is 4.19. The normalized spacial score (nSPS) is 23.6. The third-order valence-electron chi connectivity index (χ3n) is 2.91. The Morgan fingerprint density at radius 2 is 2.29 bits per heavy atom. The van der Waals surface area contributed by atoms with E-state index in [-0.39, 0.29) is 17.5 Å². The molecule has 2 unspecified atom stereocenters. The van der Waals surface area contributed by atoms with Crippen LogP contribution in [0.4, 0.5) is 0 Å². The molecule has 1 saturated carbocycles. The van der Waals surface area contributed by atoms with Crippen molar-refractivity contribution in [3.63, 3.8) is 0 Å². The fourth-order valence-corrected chi connectivity index (χ4v) is 2.79. The number of benzene rings is 1. The van der Waals surface area contributed by atoms with Crippen molar-refractivity contribution in [2.45, 2.75) is 35.2 Å². The van der Waals surface area contributed by atoms with Gasteiger partial charge in [0.15, 0.2) is 0 Å². The lowest BCUT2D eigenvalue weighted by Crippen LogP contribution is -2.15. The van der Waals surface area contributed by atoms with Crippen LogP contribution in [0, 0.1) is 0 Å². The second-order valence-corrected chi connectivity index (χ2v) is 5.65. The number of alkyl halides is 2. The number of ether oxygens (including phenoxy) is 1. The summed E-state index contributed by atoms with van der Waals surface area (Å²) in [4.78, 5) is 11.9. The Labute approximate surface area is 120 Å². The van der Waals surface area contributed by atoms with Crippen molar-refractivity contribution in [2.24, 2.45) is 0 Å². The molecule has 1 aromatic carbocycles. The third kappa shape index (κ3) is 3.58. The molecule has 0 saturated heterocycles. The fraction of sp³-hybridized carbons (Fsp3) is 0.462. The van der Waals surface area contributed by atoms with Crippen molar-refractivity contribution in [2.75, 3.05) is 0 Å². The summed E-state index contributed by atoms with van der Waals surface area (Å²) in [7, 11) is 0. The molecule has 2 nitrogen and oxygen atoms in total. The first kappa shape index (κ1) is 13.1. The second-order valence-electron chi connectivity index (χ2n) is 4.27. The summed E-state index contributed by atoms with van der Waals surface area (Å²) in [6, 6.07) is 7.59. The van der Waals surface area contributed by atoms with E-state index < -0.39 is 0 Å². The zero-order chi connectivity index (χ0) is 12.3. The van der Waals surface area contributed by atoms with Gasteiger partial charge in [0.05, 0.1) is 5.56 Å². The summed E-state index contributed by atoms with van der Waals surface area (Å²) in [5, 5.41) is 0.161. The molecule has 4 heteroatoms. The van der Waals surface area contributed by atoms with E-state index >= 15 is 0 Å². The minimum atomic E-state index is -0.229. The smallest absolute Gasteiger partial charge is 0.338 e. The van der Waals surface area contributed by atoms with E-state index in [2.05, 4.69) is 22.6 Å². The van der Waals surface area contributed by atoms with E-state index in [1.165, 1.54) is 0 Å². The van der Waals surface area contributed by atoms with Crippen molar-refractivity contribution in [1.29, 1.82) is 0 Å². The number of hydrogen-bond acceptors (Lipinski definition) is 2. The molecule has 0 amide bonds. The van der Waals surface area contributed by atoms with E-state index in [0.29, 0.717) is 5.56 Å². The van der Waals surface area contributed by atoms with Gasteiger partial charge in [-0.05, 0) is 30.5 Å². The highest BCUT2D eigenvalue weighted by molar-refractivity contribution is 14.1. The van der Waals surface area contributed by atoms with Crippen molar-refractivity contribution in [3.05, 3.63) is 35.4 Å². The monoisotopic (exact) mass is 364 g/mol. The highest BCUT2D eigenvalue weighted by Gasteiger charge is 2.26. The lowest BCUT2D eigenvalue weighted by Gasteiger charge is -2.11. The SMILES string of the molecule is O=C(OC1CCC(Cl)C1)c1cccc(CI)c1. The maximum absolute atomic E-state index is 11.9. The lowest BCUT2D eigenvalue weighted by molar-refractivity contribution is 0.0318. The van der Waals surface area contributed by atoms with Gasteiger partial charge < -0.3 is 4.74 Å². The maximum atomic E-state index is 11.9. The standard InChI is InChI=1S/C13H14ClIO2/c14-11-4-5-12(7-11)17-13(16)10-3-1-2-9(6-10)8-15/h1-3,6,11-12H,4-5,7-8H2. The molecule has 0 aromatic heterocycles. The molecule has 92 valence electrons.